The summed E-state index contributed by atoms with van der Waals surface area (Å²) in [6.45, 7) is 5.08. The summed E-state index contributed by atoms with van der Waals surface area (Å²) in [5.41, 5.74) is 3.20. The second-order valence-corrected chi connectivity index (χ2v) is 10.2. The van der Waals surface area contributed by atoms with Gasteiger partial charge in [-0.2, -0.15) is 0 Å². The summed E-state index contributed by atoms with van der Waals surface area (Å²) in [6, 6.07) is 24.9. The first-order chi connectivity index (χ1) is 19.9. The molecule has 1 aliphatic rings. The fourth-order valence-electron chi connectivity index (χ4n) is 5.13. The number of carboxylic acid groups (broad SMARTS) is 1. The number of carbonyl (C=O) groups excluding carboxylic acids is 2. The number of hydrogen-bond acceptors (Lipinski definition) is 6. The molecule has 4 rings (SSSR count). The molecule has 1 N–H and O–H groups in total. The molecule has 1 heterocycles. The van der Waals surface area contributed by atoms with Gasteiger partial charge in [-0.1, -0.05) is 91.9 Å². The van der Waals surface area contributed by atoms with Crippen LogP contribution in [0.1, 0.15) is 49.8 Å². The zero-order chi connectivity index (χ0) is 29.2. The van der Waals surface area contributed by atoms with Crippen molar-refractivity contribution < 1.29 is 40.7 Å². The van der Waals surface area contributed by atoms with Gasteiger partial charge in [-0.25, -0.2) is 4.79 Å². The molecule has 42 heavy (non-hydrogen) atoms. The first-order valence-electron chi connectivity index (χ1n) is 14.0. The number of esters is 1. The predicted octanol–water partition coefficient (Wildman–Crippen LogP) is 5.76. The summed E-state index contributed by atoms with van der Waals surface area (Å²) in [5.74, 6) is -2.48. The third-order valence-electron chi connectivity index (χ3n) is 7.17. The number of hydrogen-bond donors (Lipinski definition) is 1. The molecule has 0 bridgehead atoms. The van der Waals surface area contributed by atoms with Gasteiger partial charge in [-0.05, 0) is 43.4 Å². The van der Waals surface area contributed by atoms with Crippen molar-refractivity contribution in [1.29, 1.82) is 0 Å². The van der Waals surface area contributed by atoms with E-state index in [0.29, 0.717) is 29.1 Å². The zero-order valence-electron chi connectivity index (χ0n) is 23.8. The van der Waals surface area contributed by atoms with Gasteiger partial charge in [0.05, 0.1) is 30.7 Å². The molecule has 0 aromatic heterocycles. The van der Waals surface area contributed by atoms with Crippen LogP contribution in [0.5, 0.6) is 0 Å². The predicted molar refractivity (Wildman–Crippen MR) is 158 cm³/mol. The Kier molecular flexibility index (Phi) is 12.5. The minimum atomic E-state index is -1.21. The second kappa shape index (κ2) is 16.0. The molecular weight excluding hydrogens is 577 g/mol. The number of rotatable bonds is 12. The number of nitrogens with zero attached hydrogens (tertiary/aromatic N) is 3. The maximum atomic E-state index is 13.6. The van der Waals surface area contributed by atoms with E-state index in [2.05, 4.69) is 22.3 Å². The van der Waals surface area contributed by atoms with Crippen LogP contribution in [0.4, 0.5) is 5.69 Å². The molecule has 1 amide bonds. The number of aliphatic imine (C=N–C) groups is 1. The Balaban J connectivity index is 0.00000484. The van der Waals surface area contributed by atoms with Gasteiger partial charge in [0.25, 0.3) is 0 Å². The van der Waals surface area contributed by atoms with E-state index in [1.165, 1.54) is 0 Å². The quantitative estimate of drug-likeness (QED) is 0.158. The summed E-state index contributed by atoms with van der Waals surface area (Å²) in [6.07, 6.45) is 1.55. The fourth-order valence-corrected chi connectivity index (χ4v) is 5.13. The smallest absolute Gasteiger partial charge is 0.328 e. The molecule has 1 saturated heterocycles. The van der Waals surface area contributed by atoms with E-state index in [0.717, 1.165) is 24.9 Å². The first kappa shape index (κ1) is 32.7. The van der Waals surface area contributed by atoms with E-state index >= 15 is 0 Å². The van der Waals surface area contributed by atoms with Gasteiger partial charge in [0.15, 0.2) is 6.04 Å². The van der Waals surface area contributed by atoms with Gasteiger partial charge in [-0.15, -0.1) is 5.69 Å². The number of para-hydroxylation sites is 1. The van der Waals surface area contributed by atoms with E-state index in [4.69, 9.17) is 9.73 Å². The van der Waals surface area contributed by atoms with Crippen LogP contribution < -0.4 is 0 Å². The molecule has 8 nitrogen and oxygen atoms in total. The SMILES string of the molecule is CCOC(=O)CC(C)C(N=C(c1ccccc1)c1ccccc1[N-]C(=O)C1CCCN1Cc1ccccc1)C(=O)O.[Ni]. The Labute approximate surface area is 257 Å². The van der Waals surface area contributed by atoms with Gasteiger partial charge in [0.2, 0.25) is 0 Å². The third-order valence-corrected chi connectivity index (χ3v) is 7.17. The molecule has 1 fully saturated rings. The van der Waals surface area contributed by atoms with Gasteiger partial charge in [-0.3, -0.25) is 14.7 Å². The van der Waals surface area contributed by atoms with Crippen LogP contribution in [-0.4, -0.2) is 58.8 Å². The zero-order valence-corrected chi connectivity index (χ0v) is 24.8. The molecule has 224 valence electrons. The molecule has 0 radical (unpaired) electrons. The van der Waals surface area contributed by atoms with E-state index < -0.39 is 23.9 Å². The molecule has 3 atom stereocenters. The third kappa shape index (κ3) is 8.60. The molecule has 1 aliphatic heterocycles. The van der Waals surface area contributed by atoms with Crippen LogP contribution in [0.25, 0.3) is 5.32 Å². The molecule has 0 spiro atoms. The van der Waals surface area contributed by atoms with Gasteiger partial charge < -0.3 is 20.0 Å². The van der Waals surface area contributed by atoms with Crippen LogP contribution >= 0.6 is 0 Å². The van der Waals surface area contributed by atoms with Crippen molar-refractivity contribution in [1.82, 2.24) is 4.90 Å². The Morgan fingerprint density at radius 2 is 1.64 bits per heavy atom. The minimum Gasteiger partial charge on any atom is -0.625 e. The molecule has 9 heteroatoms. The van der Waals surface area contributed by atoms with Crippen molar-refractivity contribution in [3.63, 3.8) is 0 Å². The largest absolute Gasteiger partial charge is 0.625 e. The maximum absolute atomic E-state index is 13.6. The fraction of sp³-hybridized carbons (Fsp3) is 0.333. The second-order valence-electron chi connectivity index (χ2n) is 10.2. The summed E-state index contributed by atoms with van der Waals surface area (Å²) in [4.78, 5) is 44.9. The Bertz CT molecular complexity index is 1370. The van der Waals surface area contributed by atoms with Gasteiger partial charge in [0.1, 0.15) is 0 Å². The Hall–Kier alpha value is -3.81. The molecule has 0 saturated carbocycles. The normalized spacial score (nSPS) is 16.6. The summed E-state index contributed by atoms with van der Waals surface area (Å²) in [7, 11) is 0. The van der Waals surface area contributed by atoms with Gasteiger partial charge in [0, 0.05) is 28.6 Å². The average Bonchev–Trinajstić information content (AvgIpc) is 3.43. The molecule has 3 unspecified atom stereocenters. The van der Waals surface area contributed by atoms with E-state index in [-0.39, 0.29) is 41.5 Å². The standard InChI is InChI=1S/C33H37N3O5.Ni/c1-3-41-29(37)21-23(2)30(33(39)40)35-31(25-15-8-5-9-16-25)26-17-10-11-18-27(26)34-32(38)28-19-12-20-36(28)22-24-13-6-4-7-14-24;/h4-11,13-18,23,28,30H,3,12,19-22H2,1-2H3,(H2,34,35,38,39,40);/p-1. The number of ether oxygens (including phenoxy) is 1. The van der Waals surface area contributed by atoms with Crippen LogP contribution in [0, 0.1) is 5.92 Å². The summed E-state index contributed by atoms with van der Waals surface area (Å²) >= 11 is 0. The first-order valence-corrected chi connectivity index (χ1v) is 14.0. The van der Waals surface area contributed by atoms with Crippen LogP contribution in [0.3, 0.4) is 0 Å². The topological polar surface area (TPSA) is 110 Å². The van der Waals surface area contributed by atoms with Crippen LogP contribution in [-0.2, 0) is 42.2 Å². The van der Waals surface area contributed by atoms with E-state index in [9.17, 15) is 19.5 Å². The van der Waals surface area contributed by atoms with Crippen LogP contribution in [0.2, 0.25) is 0 Å². The monoisotopic (exact) mass is 612 g/mol. The van der Waals surface area contributed by atoms with Crippen molar-refractivity contribution in [2.45, 2.75) is 51.7 Å². The minimum absolute atomic E-state index is 0. The summed E-state index contributed by atoms with van der Waals surface area (Å²) in [5, 5.41) is 14.7. The number of carbonyl (C=O) groups is 3. The van der Waals surface area contributed by atoms with E-state index in [1.54, 1.807) is 32.0 Å². The Morgan fingerprint density at radius 3 is 2.31 bits per heavy atom. The molecule has 0 aliphatic carbocycles. The average molecular weight is 613 g/mol. The summed E-state index contributed by atoms with van der Waals surface area (Å²) < 4.78 is 5.04. The molecule has 3 aromatic carbocycles. The number of likely N-dealkylation sites (tertiary alicyclic amines) is 1. The number of carboxylic acids is 1. The van der Waals surface area contributed by atoms with Crippen molar-refractivity contribution in [3.8, 4) is 0 Å². The number of benzene rings is 3. The van der Waals surface area contributed by atoms with Crippen molar-refractivity contribution in [3.05, 3.63) is 107 Å². The van der Waals surface area contributed by atoms with Crippen molar-refractivity contribution >= 4 is 29.2 Å². The molecular formula is C33H36N3NiO5-. The number of amides is 1. The molecule has 3 aromatic rings. The number of aliphatic carboxylic acids is 1. The van der Waals surface area contributed by atoms with Gasteiger partial charge >= 0.3 is 11.9 Å². The van der Waals surface area contributed by atoms with Crippen molar-refractivity contribution in [2.24, 2.45) is 10.9 Å². The van der Waals surface area contributed by atoms with Crippen LogP contribution in [0.15, 0.2) is 89.9 Å². The Morgan fingerprint density at radius 1 is 1.00 bits per heavy atom. The van der Waals surface area contributed by atoms with E-state index in [1.807, 2.05) is 54.6 Å². The van der Waals surface area contributed by atoms with Crippen molar-refractivity contribution in [2.75, 3.05) is 13.2 Å². The maximum Gasteiger partial charge on any atom is 0.328 e.